The zero-order valence-corrected chi connectivity index (χ0v) is 11.3. The van der Waals surface area contributed by atoms with Crippen LogP contribution in [0.1, 0.15) is 38.2 Å². The number of benzene rings is 1. The molecule has 102 valence electrons. The topological polar surface area (TPSA) is 50.7 Å². The van der Waals surface area contributed by atoms with E-state index in [2.05, 4.69) is 17.5 Å². The largest absolute Gasteiger partial charge is 0.368 e. The second kappa shape index (κ2) is 7.04. The first kappa shape index (κ1) is 13.7. The fraction of sp³-hybridized carbons (Fsp3) is 0.467. The van der Waals surface area contributed by atoms with Crippen LogP contribution in [0.3, 0.4) is 0 Å². The number of nitrogens with zero attached hydrogens (tertiary/aromatic N) is 1. The van der Waals surface area contributed by atoms with E-state index in [1.165, 1.54) is 0 Å². The number of hydrogen-bond acceptors (Lipinski definition) is 3. The lowest BCUT2D eigenvalue weighted by atomic mass is 10.1. The van der Waals surface area contributed by atoms with Crippen LogP contribution in [-0.2, 0) is 9.53 Å². The van der Waals surface area contributed by atoms with Gasteiger partial charge in [0.05, 0.1) is 5.71 Å². The van der Waals surface area contributed by atoms with Gasteiger partial charge in [-0.25, -0.2) is 5.43 Å². The van der Waals surface area contributed by atoms with Gasteiger partial charge < -0.3 is 4.74 Å². The van der Waals surface area contributed by atoms with E-state index in [1.54, 1.807) is 0 Å². The van der Waals surface area contributed by atoms with Crippen molar-refractivity contribution >= 4 is 11.6 Å². The summed E-state index contributed by atoms with van der Waals surface area (Å²) in [5.41, 5.74) is 4.60. The average molecular weight is 260 g/mol. The Morgan fingerprint density at radius 1 is 1.42 bits per heavy atom. The summed E-state index contributed by atoms with van der Waals surface area (Å²) in [5, 5.41) is 4.27. The molecule has 1 aliphatic heterocycles. The molecule has 1 aliphatic rings. The number of ether oxygens (including phenoxy) is 1. The number of hydrogen-bond donors (Lipinski definition) is 1. The first-order valence-electron chi connectivity index (χ1n) is 6.84. The zero-order valence-electron chi connectivity index (χ0n) is 11.3. The molecule has 0 bridgehead atoms. The molecule has 0 aliphatic carbocycles. The molecule has 1 saturated heterocycles. The Labute approximate surface area is 113 Å². The third kappa shape index (κ3) is 3.89. The summed E-state index contributed by atoms with van der Waals surface area (Å²) in [7, 11) is 0. The highest BCUT2D eigenvalue weighted by atomic mass is 16.5. The number of nitrogens with one attached hydrogen (secondary N) is 1. The summed E-state index contributed by atoms with van der Waals surface area (Å²) >= 11 is 0. The standard InChI is InChI=1S/C15H20N2O2/c1-2-7-13(12-8-4-3-5-9-12)16-17-15(18)14-10-6-11-19-14/h3-5,8-9,14H,2,6-7,10-11H2,1H3,(H,17,18)/b16-13-/t14-/m0/s1. The van der Waals surface area contributed by atoms with Crippen LogP contribution in [0.25, 0.3) is 0 Å². The molecule has 0 unspecified atom stereocenters. The molecule has 19 heavy (non-hydrogen) atoms. The number of carbonyl (C=O) groups excluding carboxylic acids is 1. The lowest BCUT2D eigenvalue weighted by Gasteiger charge is -2.09. The molecule has 1 fully saturated rings. The van der Waals surface area contributed by atoms with Crippen molar-refractivity contribution in [3.05, 3.63) is 35.9 Å². The highest BCUT2D eigenvalue weighted by molar-refractivity contribution is 6.01. The third-order valence-corrected chi connectivity index (χ3v) is 3.12. The maximum atomic E-state index is 11.8. The number of carbonyl (C=O) groups is 1. The highest BCUT2D eigenvalue weighted by Crippen LogP contribution is 2.12. The Hall–Kier alpha value is -1.68. The van der Waals surface area contributed by atoms with Gasteiger partial charge in [0.2, 0.25) is 0 Å². The molecule has 1 aromatic rings. The first-order valence-corrected chi connectivity index (χ1v) is 6.84. The SMILES string of the molecule is CCC/C(=N/NC(=O)[C@@H]1CCCO1)c1ccccc1. The van der Waals surface area contributed by atoms with Crippen molar-refractivity contribution < 1.29 is 9.53 Å². The van der Waals surface area contributed by atoms with E-state index in [1.807, 2.05) is 30.3 Å². The van der Waals surface area contributed by atoms with Crippen LogP contribution in [0.15, 0.2) is 35.4 Å². The van der Waals surface area contributed by atoms with Crippen molar-refractivity contribution in [3.63, 3.8) is 0 Å². The molecule has 1 atom stereocenters. The average Bonchev–Trinajstić information content (AvgIpc) is 2.98. The smallest absolute Gasteiger partial charge is 0.269 e. The van der Waals surface area contributed by atoms with Crippen LogP contribution in [0.2, 0.25) is 0 Å². The van der Waals surface area contributed by atoms with Gasteiger partial charge >= 0.3 is 0 Å². The second-order valence-corrected chi connectivity index (χ2v) is 4.65. The minimum absolute atomic E-state index is 0.137. The van der Waals surface area contributed by atoms with E-state index in [9.17, 15) is 4.79 Å². The van der Waals surface area contributed by atoms with Crippen molar-refractivity contribution in [2.45, 2.75) is 38.7 Å². The first-order chi connectivity index (χ1) is 9.31. The van der Waals surface area contributed by atoms with Crippen LogP contribution in [-0.4, -0.2) is 24.3 Å². The molecule has 0 saturated carbocycles. The fourth-order valence-corrected chi connectivity index (χ4v) is 2.11. The Balaban J connectivity index is 2.02. The maximum Gasteiger partial charge on any atom is 0.269 e. The van der Waals surface area contributed by atoms with Crippen molar-refractivity contribution in [1.82, 2.24) is 5.43 Å². The van der Waals surface area contributed by atoms with Gasteiger partial charge in [-0.05, 0) is 24.8 Å². The Morgan fingerprint density at radius 3 is 2.84 bits per heavy atom. The van der Waals surface area contributed by atoms with Crippen LogP contribution in [0.4, 0.5) is 0 Å². The Bertz CT molecular complexity index is 437. The summed E-state index contributed by atoms with van der Waals surface area (Å²) < 4.78 is 5.33. The number of rotatable bonds is 5. The van der Waals surface area contributed by atoms with Gasteiger partial charge in [-0.2, -0.15) is 5.10 Å². The van der Waals surface area contributed by atoms with Crippen LogP contribution < -0.4 is 5.43 Å². The van der Waals surface area contributed by atoms with E-state index < -0.39 is 0 Å². The predicted molar refractivity (Wildman–Crippen MR) is 75.0 cm³/mol. The molecule has 0 radical (unpaired) electrons. The zero-order chi connectivity index (χ0) is 13.5. The van der Waals surface area contributed by atoms with E-state index in [0.29, 0.717) is 6.61 Å². The number of hydrazone groups is 1. The molecule has 0 spiro atoms. The maximum absolute atomic E-state index is 11.8. The predicted octanol–water partition coefficient (Wildman–Crippen LogP) is 2.49. The molecule has 4 heteroatoms. The lowest BCUT2D eigenvalue weighted by Crippen LogP contribution is -2.31. The Morgan fingerprint density at radius 2 is 2.21 bits per heavy atom. The summed E-state index contributed by atoms with van der Waals surface area (Å²) in [4.78, 5) is 11.8. The minimum atomic E-state index is -0.331. The van der Waals surface area contributed by atoms with Crippen LogP contribution in [0, 0.1) is 0 Å². The molecule has 1 amide bonds. The van der Waals surface area contributed by atoms with Crippen molar-refractivity contribution in [1.29, 1.82) is 0 Å². The van der Waals surface area contributed by atoms with Gasteiger partial charge in [0.15, 0.2) is 0 Å². The normalized spacial score (nSPS) is 19.4. The highest BCUT2D eigenvalue weighted by Gasteiger charge is 2.23. The summed E-state index contributed by atoms with van der Waals surface area (Å²) in [6, 6.07) is 9.93. The van der Waals surface area contributed by atoms with Gasteiger partial charge in [-0.1, -0.05) is 43.7 Å². The lowest BCUT2D eigenvalue weighted by molar-refractivity contribution is -0.130. The summed E-state index contributed by atoms with van der Waals surface area (Å²) in [6.07, 6.45) is 3.24. The van der Waals surface area contributed by atoms with Crippen LogP contribution in [0.5, 0.6) is 0 Å². The molecule has 4 nitrogen and oxygen atoms in total. The second-order valence-electron chi connectivity index (χ2n) is 4.65. The molecule has 1 aromatic carbocycles. The van der Waals surface area contributed by atoms with E-state index >= 15 is 0 Å². The molecule has 1 N–H and O–H groups in total. The third-order valence-electron chi connectivity index (χ3n) is 3.12. The monoisotopic (exact) mass is 260 g/mol. The van der Waals surface area contributed by atoms with E-state index in [4.69, 9.17) is 4.74 Å². The van der Waals surface area contributed by atoms with Gasteiger partial charge in [0, 0.05) is 6.61 Å². The molecular weight excluding hydrogens is 240 g/mol. The van der Waals surface area contributed by atoms with Gasteiger partial charge in [0.25, 0.3) is 5.91 Å². The summed E-state index contributed by atoms with van der Waals surface area (Å²) in [6.45, 7) is 2.77. The molecule has 0 aromatic heterocycles. The van der Waals surface area contributed by atoms with Gasteiger partial charge in [-0.15, -0.1) is 0 Å². The van der Waals surface area contributed by atoms with Gasteiger partial charge in [0.1, 0.15) is 6.10 Å². The van der Waals surface area contributed by atoms with Crippen molar-refractivity contribution in [3.8, 4) is 0 Å². The fourth-order valence-electron chi connectivity index (χ4n) is 2.11. The molecule has 2 rings (SSSR count). The quantitative estimate of drug-likeness (QED) is 0.653. The Kier molecular flexibility index (Phi) is 5.10. The summed E-state index contributed by atoms with van der Waals surface area (Å²) in [5.74, 6) is -0.137. The minimum Gasteiger partial charge on any atom is -0.368 e. The van der Waals surface area contributed by atoms with Gasteiger partial charge in [-0.3, -0.25) is 4.79 Å². The molecule has 1 heterocycles. The van der Waals surface area contributed by atoms with Crippen LogP contribution >= 0.6 is 0 Å². The van der Waals surface area contributed by atoms with Crippen molar-refractivity contribution in [2.24, 2.45) is 5.10 Å². The molecular formula is C15H20N2O2. The number of amides is 1. The van der Waals surface area contributed by atoms with E-state index in [0.717, 1.165) is 37.0 Å². The van der Waals surface area contributed by atoms with E-state index in [-0.39, 0.29) is 12.0 Å². The van der Waals surface area contributed by atoms with Crippen molar-refractivity contribution in [2.75, 3.05) is 6.61 Å².